The lowest BCUT2D eigenvalue weighted by atomic mass is 9.99. The van der Waals surface area contributed by atoms with E-state index >= 15 is 0 Å². The van der Waals surface area contributed by atoms with Crippen LogP contribution < -0.4 is 4.74 Å². The Hall–Kier alpha value is -3.07. The number of hydrogen-bond acceptors (Lipinski definition) is 3. The molecule has 0 radical (unpaired) electrons. The molecule has 0 fully saturated rings. The molecule has 0 bridgehead atoms. The van der Waals surface area contributed by atoms with Crippen LogP contribution in [0.25, 0.3) is 11.1 Å². The highest BCUT2D eigenvalue weighted by Crippen LogP contribution is 2.26. The molecular formula is C23H22O3. The van der Waals surface area contributed by atoms with Crippen LogP contribution >= 0.6 is 0 Å². The van der Waals surface area contributed by atoms with E-state index in [-0.39, 0.29) is 5.97 Å². The number of carbonyl (C=O) groups is 1. The van der Waals surface area contributed by atoms with Gasteiger partial charge in [0.05, 0.1) is 12.2 Å². The van der Waals surface area contributed by atoms with Gasteiger partial charge in [-0.25, -0.2) is 4.79 Å². The molecule has 3 heteroatoms. The summed E-state index contributed by atoms with van der Waals surface area (Å²) in [5, 5.41) is 0. The Labute approximate surface area is 154 Å². The van der Waals surface area contributed by atoms with Gasteiger partial charge in [0, 0.05) is 0 Å². The number of aryl methyl sites for hydroxylation is 1. The molecule has 3 aromatic carbocycles. The van der Waals surface area contributed by atoms with Gasteiger partial charge in [-0.05, 0) is 54.3 Å². The molecule has 0 aliphatic rings. The summed E-state index contributed by atoms with van der Waals surface area (Å²) >= 11 is 0. The van der Waals surface area contributed by atoms with Crippen LogP contribution in [0.3, 0.4) is 0 Å². The minimum atomic E-state index is -0.296. The zero-order chi connectivity index (χ0) is 18.4. The van der Waals surface area contributed by atoms with Crippen LogP contribution in [0.15, 0.2) is 72.8 Å². The van der Waals surface area contributed by atoms with Crippen LogP contribution in [0.5, 0.6) is 5.75 Å². The molecule has 3 rings (SSSR count). The highest BCUT2D eigenvalue weighted by atomic mass is 16.5. The monoisotopic (exact) mass is 346 g/mol. The van der Waals surface area contributed by atoms with Crippen molar-refractivity contribution in [1.29, 1.82) is 0 Å². The lowest BCUT2D eigenvalue weighted by Crippen LogP contribution is -2.04. The van der Waals surface area contributed by atoms with E-state index in [0.717, 1.165) is 28.0 Å². The molecule has 132 valence electrons. The summed E-state index contributed by atoms with van der Waals surface area (Å²) in [6, 6.07) is 23.6. The van der Waals surface area contributed by atoms with Crippen molar-refractivity contribution in [3.8, 4) is 16.9 Å². The fourth-order valence-electron chi connectivity index (χ4n) is 2.80. The summed E-state index contributed by atoms with van der Waals surface area (Å²) in [6.45, 7) is 4.70. The largest absolute Gasteiger partial charge is 0.489 e. The number of carbonyl (C=O) groups excluding carboxylic acids is 1. The summed E-state index contributed by atoms with van der Waals surface area (Å²) in [5.74, 6) is 0.593. The molecule has 0 aliphatic carbocycles. The Morgan fingerprint density at radius 3 is 2.31 bits per heavy atom. The third kappa shape index (κ3) is 4.12. The molecule has 3 nitrogen and oxygen atoms in total. The smallest absolute Gasteiger partial charge is 0.338 e. The molecule has 0 aliphatic heterocycles. The van der Waals surface area contributed by atoms with E-state index in [1.165, 1.54) is 0 Å². The lowest BCUT2D eigenvalue weighted by Gasteiger charge is -2.13. The van der Waals surface area contributed by atoms with Crippen LogP contribution in [0.1, 0.15) is 28.4 Å². The van der Waals surface area contributed by atoms with Crippen molar-refractivity contribution in [3.05, 3.63) is 89.5 Å². The van der Waals surface area contributed by atoms with Gasteiger partial charge in [-0.15, -0.1) is 0 Å². The minimum Gasteiger partial charge on any atom is -0.489 e. The number of ether oxygens (including phenoxy) is 2. The maximum atomic E-state index is 11.8. The summed E-state index contributed by atoms with van der Waals surface area (Å²) in [6.07, 6.45) is 0. The maximum Gasteiger partial charge on any atom is 0.338 e. The molecule has 0 aromatic heterocycles. The second-order valence-electron chi connectivity index (χ2n) is 6.01. The van der Waals surface area contributed by atoms with Gasteiger partial charge in [-0.1, -0.05) is 54.6 Å². The third-order valence-corrected chi connectivity index (χ3v) is 4.20. The summed E-state index contributed by atoms with van der Waals surface area (Å²) in [5.41, 5.74) is 4.91. The molecular weight excluding hydrogens is 324 g/mol. The Morgan fingerprint density at radius 2 is 1.58 bits per heavy atom. The SMILES string of the molecule is CCOC(=O)c1ccc(-c2ccccc2COc2ccccc2C)cc1. The van der Waals surface area contributed by atoms with E-state index in [4.69, 9.17) is 9.47 Å². The van der Waals surface area contributed by atoms with E-state index < -0.39 is 0 Å². The van der Waals surface area contributed by atoms with Gasteiger partial charge in [0.25, 0.3) is 0 Å². The lowest BCUT2D eigenvalue weighted by molar-refractivity contribution is 0.0526. The van der Waals surface area contributed by atoms with Gasteiger partial charge in [-0.2, -0.15) is 0 Å². The molecule has 0 spiro atoms. The second kappa shape index (κ2) is 8.34. The average Bonchev–Trinajstić information content (AvgIpc) is 2.68. The van der Waals surface area contributed by atoms with Crippen LogP contribution in [0, 0.1) is 6.92 Å². The van der Waals surface area contributed by atoms with Crippen molar-refractivity contribution in [2.24, 2.45) is 0 Å². The van der Waals surface area contributed by atoms with Gasteiger partial charge in [0.2, 0.25) is 0 Å². The molecule has 0 heterocycles. The van der Waals surface area contributed by atoms with E-state index in [2.05, 4.69) is 12.1 Å². The molecule has 26 heavy (non-hydrogen) atoms. The topological polar surface area (TPSA) is 35.5 Å². The standard InChI is InChI=1S/C23H22O3/c1-3-25-23(24)19-14-12-18(13-15-19)21-10-6-5-9-20(21)16-26-22-11-7-4-8-17(22)2/h4-15H,3,16H2,1-2H3. The first-order chi connectivity index (χ1) is 12.7. The zero-order valence-corrected chi connectivity index (χ0v) is 15.1. The van der Waals surface area contributed by atoms with Crippen molar-refractivity contribution < 1.29 is 14.3 Å². The maximum absolute atomic E-state index is 11.8. The van der Waals surface area contributed by atoms with Gasteiger partial charge >= 0.3 is 5.97 Å². The van der Waals surface area contributed by atoms with Crippen molar-refractivity contribution in [2.45, 2.75) is 20.5 Å². The first-order valence-corrected chi connectivity index (χ1v) is 8.73. The predicted octanol–water partition coefficient (Wildman–Crippen LogP) is 5.42. The number of para-hydroxylation sites is 1. The van der Waals surface area contributed by atoms with Crippen molar-refractivity contribution >= 4 is 5.97 Å². The van der Waals surface area contributed by atoms with E-state index in [0.29, 0.717) is 18.8 Å². The van der Waals surface area contributed by atoms with Crippen LogP contribution in [-0.4, -0.2) is 12.6 Å². The molecule has 0 unspecified atom stereocenters. The fourth-order valence-corrected chi connectivity index (χ4v) is 2.80. The van der Waals surface area contributed by atoms with Gasteiger partial charge < -0.3 is 9.47 Å². The van der Waals surface area contributed by atoms with E-state index in [1.807, 2.05) is 55.5 Å². The zero-order valence-electron chi connectivity index (χ0n) is 15.1. The number of hydrogen-bond donors (Lipinski definition) is 0. The second-order valence-corrected chi connectivity index (χ2v) is 6.01. The Bertz CT molecular complexity index is 882. The van der Waals surface area contributed by atoms with Gasteiger partial charge in [-0.3, -0.25) is 0 Å². The number of rotatable bonds is 6. The first kappa shape index (κ1) is 17.7. The quantitative estimate of drug-likeness (QED) is 0.559. The molecule has 0 saturated carbocycles. The average molecular weight is 346 g/mol. The highest BCUT2D eigenvalue weighted by Gasteiger charge is 2.09. The summed E-state index contributed by atoms with van der Waals surface area (Å²) in [4.78, 5) is 11.8. The van der Waals surface area contributed by atoms with Crippen LogP contribution in [0.4, 0.5) is 0 Å². The third-order valence-electron chi connectivity index (χ3n) is 4.20. The Kier molecular flexibility index (Phi) is 5.69. The summed E-state index contributed by atoms with van der Waals surface area (Å²) < 4.78 is 11.0. The van der Waals surface area contributed by atoms with Crippen LogP contribution in [-0.2, 0) is 11.3 Å². The number of benzene rings is 3. The van der Waals surface area contributed by atoms with Gasteiger partial charge in [0.1, 0.15) is 12.4 Å². The first-order valence-electron chi connectivity index (χ1n) is 8.73. The van der Waals surface area contributed by atoms with E-state index in [1.54, 1.807) is 19.1 Å². The molecule has 0 amide bonds. The Morgan fingerprint density at radius 1 is 0.885 bits per heavy atom. The van der Waals surface area contributed by atoms with E-state index in [9.17, 15) is 4.79 Å². The molecule has 0 saturated heterocycles. The molecule has 3 aromatic rings. The van der Waals surface area contributed by atoms with Gasteiger partial charge in [0.15, 0.2) is 0 Å². The minimum absolute atomic E-state index is 0.296. The van der Waals surface area contributed by atoms with Crippen molar-refractivity contribution in [1.82, 2.24) is 0 Å². The predicted molar refractivity (Wildman–Crippen MR) is 103 cm³/mol. The number of esters is 1. The Balaban J connectivity index is 1.81. The fraction of sp³-hybridized carbons (Fsp3) is 0.174. The van der Waals surface area contributed by atoms with Crippen LogP contribution in [0.2, 0.25) is 0 Å². The molecule has 0 atom stereocenters. The van der Waals surface area contributed by atoms with Crippen molar-refractivity contribution in [2.75, 3.05) is 6.61 Å². The van der Waals surface area contributed by atoms with Crippen molar-refractivity contribution in [3.63, 3.8) is 0 Å². The highest BCUT2D eigenvalue weighted by molar-refractivity contribution is 5.90. The summed E-state index contributed by atoms with van der Waals surface area (Å²) in [7, 11) is 0. The molecule has 0 N–H and O–H groups in total. The normalized spacial score (nSPS) is 10.4.